The van der Waals surface area contributed by atoms with Gasteiger partial charge in [0.25, 0.3) is 5.91 Å². The van der Waals surface area contributed by atoms with Crippen LogP contribution >= 0.6 is 0 Å². The Labute approximate surface area is 325 Å². The maximum atomic E-state index is 13.1. The van der Waals surface area contributed by atoms with Gasteiger partial charge in [0.15, 0.2) is 6.10 Å². The number of carbonyl (C=O) groups excluding carboxylic acids is 5. The molecule has 5 amide bonds. The smallest absolute Gasteiger partial charge is 0.382 e. The maximum Gasteiger partial charge on any atom is 0.416 e. The molecule has 4 rings (SSSR count). The predicted molar refractivity (Wildman–Crippen MR) is 209 cm³/mol. The normalized spacial score (nSPS) is 12.1. The van der Waals surface area contributed by atoms with E-state index >= 15 is 0 Å². The lowest BCUT2D eigenvalue weighted by molar-refractivity contribution is -0.212. The predicted octanol–water partition coefficient (Wildman–Crippen LogP) is 5.01. The molecule has 0 aliphatic carbocycles. The van der Waals surface area contributed by atoms with Crippen molar-refractivity contribution in [1.82, 2.24) is 21.3 Å². The minimum absolute atomic E-state index is 0.0110. The zero-order valence-corrected chi connectivity index (χ0v) is 31.6. The highest BCUT2D eigenvalue weighted by Crippen LogP contribution is 2.24. The van der Waals surface area contributed by atoms with Crippen LogP contribution in [0.5, 0.6) is 0 Å². The number of aryl methyl sites for hydroxylation is 1. The molecule has 0 aliphatic rings. The van der Waals surface area contributed by atoms with Crippen LogP contribution in [0.1, 0.15) is 54.6 Å². The van der Waals surface area contributed by atoms with Crippen molar-refractivity contribution < 1.29 is 42.3 Å². The summed E-state index contributed by atoms with van der Waals surface area (Å²) in [5, 5.41) is 18.8. The molecule has 2 unspecified atom stereocenters. The van der Waals surface area contributed by atoms with E-state index in [9.17, 15) is 42.3 Å². The average molecular weight is 778 g/mol. The first-order valence-electron chi connectivity index (χ1n) is 18.0. The number of carbonyl (C=O) groups is 5. The fourth-order valence-electron chi connectivity index (χ4n) is 4.93. The minimum atomic E-state index is -5.09. The lowest BCUT2D eigenvalue weighted by Gasteiger charge is -2.26. The Bertz CT molecular complexity index is 1790. The fraction of sp³-hybridized carbons (Fsp3) is 0.310. The lowest BCUT2D eigenvalue weighted by atomic mass is 10.0. The minimum Gasteiger partial charge on any atom is -0.382 e. The van der Waals surface area contributed by atoms with Gasteiger partial charge in [0.2, 0.25) is 23.6 Å². The van der Waals surface area contributed by atoms with E-state index in [1.165, 1.54) is 12.0 Å². The zero-order chi connectivity index (χ0) is 41.5. The number of hydrogen-bond donors (Lipinski definition) is 6. The van der Waals surface area contributed by atoms with Crippen molar-refractivity contribution in [1.29, 1.82) is 0 Å². The van der Waals surface area contributed by atoms with E-state index in [1.807, 2.05) is 53.8 Å². The summed E-state index contributed by atoms with van der Waals surface area (Å²) < 4.78 is 39.2. The van der Waals surface area contributed by atoms with Gasteiger partial charge in [-0.3, -0.25) is 24.0 Å². The highest BCUT2D eigenvalue weighted by atomic mass is 19.4. The fourth-order valence-corrected chi connectivity index (χ4v) is 4.93. The van der Waals surface area contributed by atoms with E-state index in [0.717, 1.165) is 11.1 Å². The number of benzene rings is 4. The molecule has 0 fully saturated rings. The molecule has 0 aliphatic heterocycles. The molecule has 300 valence electrons. The number of nitrogens with two attached hydrogens (primary N) is 1. The third-order valence-electron chi connectivity index (χ3n) is 7.73. The Morgan fingerprint density at radius 3 is 1.68 bits per heavy atom. The molecule has 0 spiro atoms. The van der Waals surface area contributed by atoms with Crippen LogP contribution in [0, 0.1) is 6.92 Å². The molecule has 11 nitrogen and oxygen atoms in total. The molecule has 14 heteroatoms. The summed E-state index contributed by atoms with van der Waals surface area (Å²) in [6.45, 7) is 5.06. The summed E-state index contributed by atoms with van der Waals surface area (Å²) in [5.74, 6) is -4.09. The summed E-state index contributed by atoms with van der Waals surface area (Å²) in [5.41, 5.74) is 9.12. The maximum absolute atomic E-state index is 13.1. The van der Waals surface area contributed by atoms with Crippen molar-refractivity contribution in [2.75, 3.05) is 13.1 Å². The molecule has 0 saturated heterocycles. The summed E-state index contributed by atoms with van der Waals surface area (Å²) in [6.07, 6.45) is -7.96. The molecule has 0 saturated carbocycles. The summed E-state index contributed by atoms with van der Waals surface area (Å²) in [7, 11) is 0. The zero-order valence-electron chi connectivity index (χ0n) is 31.6. The van der Waals surface area contributed by atoms with Crippen LogP contribution in [0.3, 0.4) is 0 Å². The average Bonchev–Trinajstić information content (AvgIpc) is 3.18. The Balaban J connectivity index is 0.000000946. The van der Waals surface area contributed by atoms with Crippen LogP contribution in [0.2, 0.25) is 0 Å². The van der Waals surface area contributed by atoms with Crippen LogP contribution in [0.4, 0.5) is 13.2 Å². The number of halogens is 3. The van der Waals surface area contributed by atoms with Crippen LogP contribution in [0.15, 0.2) is 115 Å². The second kappa shape index (κ2) is 24.4. The molecule has 3 atom stereocenters. The third kappa shape index (κ3) is 17.9. The standard InChI is InChI=1S/C32H34F3N5O6.C7H8.C3H8/c33-32(34,35)29(44)24(15-16-26(36)41)39-27(42)19-38-31(46)25(17-20-7-3-1-4-8-20)40-28(43)18-37-30(45)23-13-11-22(12-14-23)21-9-5-2-6-10-21;1-7-5-3-2-4-6-7;1-3-2/h1-14,24-25,29,44H,15-19H2,(H2,36,41)(H,37,45)(H,38,46)(H,39,42)(H,40,43);2-6H,1H3;3H2,1-2H3/t24?,25-,29?;;/m0../s1. The van der Waals surface area contributed by atoms with Crippen LogP contribution in [-0.2, 0) is 25.6 Å². The molecular weight excluding hydrogens is 727 g/mol. The third-order valence-corrected chi connectivity index (χ3v) is 7.73. The molecule has 4 aromatic carbocycles. The van der Waals surface area contributed by atoms with Gasteiger partial charge in [0.1, 0.15) is 6.04 Å². The molecule has 0 aromatic heterocycles. The number of alkyl halides is 3. The SMILES string of the molecule is CCC.Cc1ccccc1.NC(=O)CCC(NC(=O)CNC(=O)[C@H](Cc1ccccc1)NC(=O)CNC(=O)c1ccc(-c2ccccc2)cc1)C(O)C(F)(F)F. The Morgan fingerprint density at radius 2 is 1.18 bits per heavy atom. The van der Waals surface area contributed by atoms with Crippen molar-refractivity contribution in [3.8, 4) is 11.1 Å². The van der Waals surface area contributed by atoms with E-state index < -0.39 is 79.8 Å². The van der Waals surface area contributed by atoms with E-state index in [0.29, 0.717) is 11.1 Å². The first kappa shape index (κ1) is 46.1. The molecule has 0 radical (unpaired) electrons. The topological polar surface area (TPSA) is 180 Å². The van der Waals surface area contributed by atoms with Gasteiger partial charge in [-0.2, -0.15) is 13.2 Å². The number of rotatable bonds is 15. The second-order valence-corrected chi connectivity index (χ2v) is 12.7. The van der Waals surface area contributed by atoms with Gasteiger partial charge < -0.3 is 32.1 Å². The van der Waals surface area contributed by atoms with Gasteiger partial charge in [0.05, 0.1) is 19.1 Å². The summed E-state index contributed by atoms with van der Waals surface area (Å²) >= 11 is 0. The van der Waals surface area contributed by atoms with Gasteiger partial charge in [-0.05, 0) is 42.2 Å². The Hall–Kier alpha value is -6.02. The molecule has 4 aromatic rings. The monoisotopic (exact) mass is 777 g/mol. The molecule has 0 heterocycles. The van der Waals surface area contributed by atoms with Crippen LogP contribution < -0.4 is 27.0 Å². The van der Waals surface area contributed by atoms with Crippen molar-refractivity contribution >= 4 is 29.5 Å². The van der Waals surface area contributed by atoms with Gasteiger partial charge in [-0.1, -0.05) is 129 Å². The number of aliphatic hydroxyl groups excluding tert-OH is 1. The molecule has 56 heavy (non-hydrogen) atoms. The van der Waals surface area contributed by atoms with Crippen molar-refractivity contribution in [2.45, 2.75) is 70.8 Å². The van der Waals surface area contributed by atoms with Gasteiger partial charge in [-0.25, -0.2) is 0 Å². The van der Waals surface area contributed by atoms with E-state index in [1.54, 1.807) is 54.6 Å². The van der Waals surface area contributed by atoms with E-state index in [2.05, 4.69) is 48.9 Å². The quantitative estimate of drug-likeness (QED) is 0.0988. The first-order valence-corrected chi connectivity index (χ1v) is 18.0. The van der Waals surface area contributed by atoms with Crippen molar-refractivity contribution in [3.63, 3.8) is 0 Å². The number of amides is 5. The van der Waals surface area contributed by atoms with Crippen LogP contribution in [0.25, 0.3) is 11.1 Å². The number of primary amides is 1. The van der Waals surface area contributed by atoms with Gasteiger partial charge in [0, 0.05) is 18.4 Å². The second-order valence-electron chi connectivity index (χ2n) is 12.7. The number of aliphatic hydroxyl groups is 1. The van der Waals surface area contributed by atoms with E-state index in [-0.39, 0.29) is 6.42 Å². The van der Waals surface area contributed by atoms with Gasteiger partial charge >= 0.3 is 6.18 Å². The number of hydrogen-bond acceptors (Lipinski definition) is 6. The first-order chi connectivity index (χ1) is 26.6. The van der Waals surface area contributed by atoms with E-state index in [4.69, 9.17) is 5.73 Å². The van der Waals surface area contributed by atoms with Crippen molar-refractivity contribution in [2.24, 2.45) is 5.73 Å². The summed E-state index contributed by atoms with van der Waals surface area (Å²) in [6, 6.07) is 32.0. The number of nitrogens with one attached hydrogen (secondary N) is 4. The largest absolute Gasteiger partial charge is 0.416 e. The molecular formula is C42H50F3N5O6. The summed E-state index contributed by atoms with van der Waals surface area (Å²) in [4.78, 5) is 61.8. The Morgan fingerprint density at radius 1 is 0.696 bits per heavy atom. The van der Waals surface area contributed by atoms with Crippen LogP contribution in [-0.4, -0.2) is 72.1 Å². The highest BCUT2D eigenvalue weighted by molar-refractivity contribution is 5.97. The van der Waals surface area contributed by atoms with Gasteiger partial charge in [-0.15, -0.1) is 0 Å². The van der Waals surface area contributed by atoms with Crippen molar-refractivity contribution in [3.05, 3.63) is 132 Å². The molecule has 7 N–H and O–H groups in total. The Kier molecular flexibility index (Phi) is 20.1. The molecule has 0 bridgehead atoms. The lowest BCUT2D eigenvalue weighted by Crippen LogP contribution is -2.54. The highest BCUT2D eigenvalue weighted by Gasteiger charge is 2.44.